The molecule has 1 aromatic rings. The second kappa shape index (κ2) is 7.98. The van der Waals surface area contributed by atoms with Crippen LogP contribution in [0, 0.1) is 16.7 Å². The Bertz CT molecular complexity index is 404. The van der Waals surface area contributed by atoms with E-state index in [2.05, 4.69) is 34.4 Å². The number of nitrogens with zero attached hydrogens (tertiary/aromatic N) is 2. The predicted molar refractivity (Wildman–Crippen MR) is 76.6 cm³/mol. The molecule has 0 saturated carbocycles. The van der Waals surface area contributed by atoms with Gasteiger partial charge in [0, 0.05) is 39.1 Å². The van der Waals surface area contributed by atoms with Crippen molar-refractivity contribution >= 4 is 0 Å². The van der Waals surface area contributed by atoms with E-state index in [1.165, 1.54) is 5.56 Å². The molecular weight excluding hydrogens is 238 g/mol. The van der Waals surface area contributed by atoms with Gasteiger partial charge in [0.2, 0.25) is 0 Å². The summed E-state index contributed by atoms with van der Waals surface area (Å²) in [6, 6.07) is 4.48. The Hall–Kier alpha value is -1.31. The highest BCUT2D eigenvalue weighted by molar-refractivity contribution is 5.09. The van der Waals surface area contributed by atoms with Gasteiger partial charge in [-0.25, -0.2) is 0 Å². The van der Waals surface area contributed by atoms with Crippen molar-refractivity contribution < 1.29 is 4.74 Å². The van der Waals surface area contributed by atoms with Crippen LogP contribution in [0.15, 0.2) is 18.5 Å². The summed E-state index contributed by atoms with van der Waals surface area (Å²) in [6.07, 6.45) is 6.24. The summed E-state index contributed by atoms with van der Waals surface area (Å²) in [5, 5.41) is 12.3. The molecule has 4 nitrogen and oxygen atoms in total. The summed E-state index contributed by atoms with van der Waals surface area (Å²) < 4.78 is 7.18. The van der Waals surface area contributed by atoms with Gasteiger partial charge in [-0.05, 0) is 38.3 Å². The minimum absolute atomic E-state index is 0.211. The van der Waals surface area contributed by atoms with E-state index in [9.17, 15) is 0 Å². The lowest BCUT2D eigenvalue weighted by atomic mass is 9.90. The van der Waals surface area contributed by atoms with E-state index in [1.807, 2.05) is 13.8 Å². The van der Waals surface area contributed by atoms with Gasteiger partial charge >= 0.3 is 0 Å². The fraction of sp³-hybridized carbons (Fsp3) is 0.667. The van der Waals surface area contributed by atoms with Crippen molar-refractivity contribution in [3.8, 4) is 6.07 Å². The molecule has 0 unspecified atom stereocenters. The third kappa shape index (κ3) is 6.42. The number of nitriles is 1. The fourth-order valence-corrected chi connectivity index (χ4v) is 1.90. The van der Waals surface area contributed by atoms with Crippen molar-refractivity contribution in [2.45, 2.75) is 39.8 Å². The van der Waals surface area contributed by atoms with Crippen LogP contribution in [0.5, 0.6) is 0 Å². The number of methoxy groups -OCH3 is 1. The second-order valence-electron chi connectivity index (χ2n) is 5.53. The van der Waals surface area contributed by atoms with E-state index in [1.54, 1.807) is 7.11 Å². The molecule has 0 saturated heterocycles. The minimum atomic E-state index is -0.211. The zero-order valence-corrected chi connectivity index (χ0v) is 12.3. The molecule has 0 amide bonds. The van der Waals surface area contributed by atoms with E-state index < -0.39 is 0 Å². The highest BCUT2D eigenvalue weighted by Crippen LogP contribution is 2.21. The molecule has 0 aromatic carbocycles. The highest BCUT2D eigenvalue weighted by Gasteiger charge is 2.15. The summed E-state index contributed by atoms with van der Waals surface area (Å²) in [4.78, 5) is 0. The third-order valence-corrected chi connectivity index (χ3v) is 3.14. The molecule has 1 N–H and O–H groups in total. The van der Waals surface area contributed by atoms with Gasteiger partial charge in [-0.1, -0.05) is 0 Å². The first-order valence-corrected chi connectivity index (χ1v) is 6.83. The average Bonchev–Trinajstić information content (AvgIpc) is 2.82. The van der Waals surface area contributed by atoms with Gasteiger partial charge in [0.25, 0.3) is 0 Å². The van der Waals surface area contributed by atoms with E-state index in [4.69, 9.17) is 10.00 Å². The zero-order valence-electron chi connectivity index (χ0n) is 12.3. The van der Waals surface area contributed by atoms with Crippen molar-refractivity contribution in [1.29, 1.82) is 5.26 Å². The van der Waals surface area contributed by atoms with Gasteiger partial charge in [0.05, 0.1) is 18.1 Å². The number of aromatic nitrogens is 1. The molecule has 1 aromatic heterocycles. The molecule has 4 heteroatoms. The van der Waals surface area contributed by atoms with Crippen LogP contribution in [-0.4, -0.2) is 24.8 Å². The quantitative estimate of drug-likeness (QED) is 0.697. The smallest absolute Gasteiger partial charge is 0.0683 e. The van der Waals surface area contributed by atoms with Crippen LogP contribution in [0.2, 0.25) is 0 Å². The van der Waals surface area contributed by atoms with Gasteiger partial charge in [-0.3, -0.25) is 0 Å². The fourth-order valence-electron chi connectivity index (χ4n) is 1.90. The van der Waals surface area contributed by atoms with Crippen LogP contribution < -0.4 is 5.32 Å². The van der Waals surface area contributed by atoms with Crippen LogP contribution in [0.4, 0.5) is 0 Å². The number of nitrogens with one attached hydrogen (secondary N) is 1. The average molecular weight is 263 g/mol. The first-order chi connectivity index (χ1) is 9.07. The number of aryl methyl sites for hydroxylation is 1. The first kappa shape index (κ1) is 15.7. The number of hydrogen-bond donors (Lipinski definition) is 1. The SMILES string of the molecule is COCCNCc1ccn(CCCC(C)(C)C#N)c1. The number of hydrogen-bond acceptors (Lipinski definition) is 3. The summed E-state index contributed by atoms with van der Waals surface area (Å²) in [5.74, 6) is 0. The van der Waals surface area contributed by atoms with Crippen molar-refractivity contribution in [2.75, 3.05) is 20.3 Å². The van der Waals surface area contributed by atoms with E-state index in [-0.39, 0.29) is 5.41 Å². The first-order valence-electron chi connectivity index (χ1n) is 6.83. The summed E-state index contributed by atoms with van der Waals surface area (Å²) in [7, 11) is 1.71. The Morgan fingerprint density at radius 3 is 2.95 bits per heavy atom. The van der Waals surface area contributed by atoms with Crippen LogP contribution in [-0.2, 0) is 17.8 Å². The molecule has 106 valence electrons. The van der Waals surface area contributed by atoms with Gasteiger partial charge in [0.1, 0.15) is 0 Å². The van der Waals surface area contributed by atoms with Crippen LogP contribution in [0.3, 0.4) is 0 Å². The Morgan fingerprint density at radius 2 is 2.26 bits per heavy atom. The molecule has 0 fully saturated rings. The molecular formula is C15H25N3O. The van der Waals surface area contributed by atoms with Crippen LogP contribution in [0.25, 0.3) is 0 Å². The van der Waals surface area contributed by atoms with Crippen LogP contribution in [0.1, 0.15) is 32.3 Å². The zero-order chi connectivity index (χ0) is 14.1. The maximum atomic E-state index is 8.96. The molecule has 0 spiro atoms. The van der Waals surface area contributed by atoms with E-state index in [0.717, 1.165) is 39.1 Å². The van der Waals surface area contributed by atoms with Crippen molar-refractivity contribution in [2.24, 2.45) is 5.41 Å². The molecule has 0 bridgehead atoms. The third-order valence-electron chi connectivity index (χ3n) is 3.14. The molecule has 0 aliphatic heterocycles. The normalized spacial score (nSPS) is 11.5. The largest absolute Gasteiger partial charge is 0.383 e. The standard InChI is InChI=1S/C15H25N3O/c1-15(2,13-16)6-4-8-18-9-5-14(12-18)11-17-7-10-19-3/h5,9,12,17H,4,6-8,10-11H2,1-3H3. The van der Waals surface area contributed by atoms with E-state index in [0.29, 0.717) is 0 Å². The van der Waals surface area contributed by atoms with Gasteiger partial charge in [-0.15, -0.1) is 0 Å². The summed E-state index contributed by atoms with van der Waals surface area (Å²) in [5.41, 5.74) is 1.08. The van der Waals surface area contributed by atoms with Crippen molar-refractivity contribution in [3.63, 3.8) is 0 Å². The Kier molecular flexibility index (Phi) is 6.61. The molecule has 19 heavy (non-hydrogen) atoms. The monoisotopic (exact) mass is 263 g/mol. The number of ether oxygens (including phenoxy) is 1. The maximum absolute atomic E-state index is 8.96. The van der Waals surface area contributed by atoms with Gasteiger partial charge < -0.3 is 14.6 Å². The van der Waals surface area contributed by atoms with Crippen molar-refractivity contribution in [3.05, 3.63) is 24.0 Å². The Morgan fingerprint density at radius 1 is 1.47 bits per heavy atom. The van der Waals surface area contributed by atoms with Gasteiger partial charge in [0.15, 0.2) is 0 Å². The molecule has 0 aliphatic rings. The molecule has 1 rings (SSSR count). The highest BCUT2D eigenvalue weighted by atomic mass is 16.5. The predicted octanol–water partition coefficient (Wildman–Crippen LogP) is 2.55. The number of rotatable bonds is 9. The summed E-state index contributed by atoms with van der Waals surface area (Å²) in [6.45, 7) is 7.45. The molecule has 0 atom stereocenters. The molecule has 1 heterocycles. The molecule has 0 aliphatic carbocycles. The summed E-state index contributed by atoms with van der Waals surface area (Å²) >= 11 is 0. The van der Waals surface area contributed by atoms with Crippen molar-refractivity contribution in [1.82, 2.24) is 9.88 Å². The maximum Gasteiger partial charge on any atom is 0.0683 e. The topological polar surface area (TPSA) is 50.0 Å². The lowest BCUT2D eigenvalue weighted by molar-refractivity contribution is 0.199. The van der Waals surface area contributed by atoms with Crippen LogP contribution >= 0.6 is 0 Å². The second-order valence-corrected chi connectivity index (χ2v) is 5.53. The Balaban J connectivity index is 2.25. The molecule has 0 radical (unpaired) electrons. The Labute approximate surface area is 116 Å². The lowest BCUT2D eigenvalue weighted by Crippen LogP contribution is -2.18. The minimum Gasteiger partial charge on any atom is -0.383 e. The lowest BCUT2D eigenvalue weighted by Gasteiger charge is -2.14. The van der Waals surface area contributed by atoms with Gasteiger partial charge in [-0.2, -0.15) is 5.26 Å². The van der Waals surface area contributed by atoms with E-state index >= 15 is 0 Å².